The van der Waals surface area contributed by atoms with Gasteiger partial charge in [0, 0.05) is 23.8 Å². The number of hydrogen-bond acceptors (Lipinski definition) is 5. The molecular formula is C20H23BrN4O3. The zero-order valence-electron chi connectivity index (χ0n) is 16.6. The molecule has 0 saturated carbocycles. The monoisotopic (exact) mass is 446 g/mol. The molecule has 0 aliphatic heterocycles. The fraction of sp³-hybridized carbons (Fsp3) is 0.350. The van der Waals surface area contributed by atoms with E-state index in [0.717, 1.165) is 26.8 Å². The first-order valence-electron chi connectivity index (χ1n) is 8.85. The summed E-state index contributed by atoms with van der Waals surface area (Å²) in [4.78, 5) is 17.3. The number of fused-ring (bicyclic) bond motifs is 1. The van der Waals surface area contributed by atoms with Crippen molar-refractivity contribution < 1.29 is 14.3 Å². The molecule has 8 heteroatoms. The maximum absolute atomic E-state index is 12.8. The number of carbonyl (C=O) groups is 1. The molecule has 1 aromatic carbocycles. The van der Waals surface area contributed by atoms with E-state index in [4.69, 9.17) is 9.47 Å². The van der Waals surface area contributed by atoms with E-state index in [1.165, 1.54) is 0 Å². The molecule has 3 rings (SSSR count). The van der Waals surface area contributed by atoms with Gasteiger partial charge in [-0.1, -0.05) is 15.9 Å². The lowest BCUT2D eigenvalue weighted by atomic mass is 10.1. The van der Waals surface area contributed by atoms with Crippen molar-refractivity contribution in [3.63, 3.8) is 0 Å². The van der Waals surface area contributed by atoms with E-state index in [9.17, 15) is 4.79 Å². The molecule has 0 bridgehead atoms. The van der Waals surface area contributed by atoms with Crippen LogP contribution in [0.15, 0.2) is 22.7 Å². The van der Waals surface area contributed by atoms with Gasteiger partial charge in [0.15, 0.2) is 17.1 Å². The van der Waals surface area contributed by atoms with Crippen LogP contribution in [-0.2, 0) is 13.5 Å². The van der Waals surface area contributed by atoms with Gasteiger partial charge in [-0.15, -0.1) is 0 Å². The summed E-state index contributed by atoms with van der Waals surface area (Å²) in [6, 6.07) is 5.58. The average Bonchev–Trinajstić information content (AvgIpc) is 2.95. The lowest BCUT2D eigenvalue weighted by Gasteiger charge is -2.12. The predicted molar refractivity (Wildman–Crippen MR) is 111 cm³/mol. The summed E-state index contributed by atoms with van der Waals surface area (Å²) in [7, 11) is 5.03. The third-order valence-electron chi connectivity index (χ3n) is 4.57. The largest absolute Gasteiger partial charge is 0.493 e. The molecule has 28 heavy (non-hydrogen) atoms. The minimum absolute atomic E-state index is 0.136. The first-order chi connectivity index (χ1) is 13.3. The van der Waals surface area contributed by atoms with E-state index in [-0.39, 0.29) is 5.91 Å². The van der Waals surface area contributed by atoms with Crippen molar-refractivity contribution >= 4 is 32.9 Å². The SMILES string of the molecule is COc1cc(Br)c(CCNC(=O)c2cc(C)nc3c2c(C)nn3C)cc1OC. The highest BCUT2D eigenvalue weighted by Gasteiger charge is 2.18. The summed E-state index contributed by atoms with van der Waals surface area (Å²) in [6.07, 6.45) is 0.645. The molecule has 2 heterocycles. The maximum atomic E-state index is 12.8. The summed E-state index contributed by atoms with van der Waals surface area (Å²) in [5, 5.41) is 8.18. The number of benzene rings is 1. The van der Waals surface area contributed by atoms with Crippen LogP contribution in [0, 0.1) is 13.8 Å². The summed E-state index contributed by atoms with van der Waals surface area (Å²) in [6.45, 7) is 4.24. The lowest BCUT2D eigenvalue weighted by molar-refractivity contribution is 0.0955. The van der Waals surface area contributed by atoms with Crippen LogP contribution in [0.5, 0.6) is 11.5 Å². The summed E-state index contributed by atoms with van der Waals surface area (Å²) in [5.74, 6) is 1.18. The van der Waals surface area contributed by atoms with E-state index in [1.807, 2.05) is 33.0 Å². The van der Waals surface area contributed by atoms with Gasteiger partial charge in [0.25, 0.3) is 5.91 Å². The van der Waals surface area contributed by atoms with E-state index in [1.54, 1.807) is 25.0 Å². The third kappa shape index (κ3) is 3.82. The normalized spacial score (nSPS) is 10.9. The molecule has 0 radical (unpaired) electrons. The van der Waals surface area contributed by atoms with Gasteiger partial charge in [0.1, 0.15) is 0 Å². The molecule has 0 unspecified atom stereocenters. The number of halogens is 1. The van der Waals surface area contributed by atoms with Crippen LogP contribution in [0.4, 0.5) is 0 Å². The van der Waals surface area contributed by atoms with Crippen molar-refractivity contribution in [3.8, 4) is 11.5 Å². The topological polar surface area (TPSA) is 78.3 Å². The fourth-order valence-electron chi connectivity index (χ4n) is 3.24. The second kappa shape index (κ2) is 8.18. The minimum atomic E-state index is -0.136. The van der Waals surface area contributed by atoms with Crippen LogP contribution in [0.25, 0.3) is 11.0 Å². The van der Waals surface area contributed by atoms with Crippen molar-refractivity contribution in [2.24, 2.45) is 7.05 Å². The van der Waals surface area contributed by atoms with Crippen LogP contribution in [0.1, 0.15) is 27.3 Å². The second-order valence-corrected chi connectivity index (χ2v) is 7.38. The Labute approximate surface area is 172 Å². The zero-order valence-corrected chi connectivity index (χ0v) is 18.2. The first kappa shape index (κ1) is 20.1. The van der Waals surface area contributed by atoms with Crippen LogP contribution < -0.4 is 14.8 Å². The Hall–Kier alpha value is -2.61. The van der Waals surface area contributed by atoms with Gasteiger partial charge in [-0.25, -0.2) is 4.98 Å². The number of rotatable bonds is 6. The Kier molecular flexibility index (Phi) is 5.88. The van der Waals surface area contributed by atoms with Crippen LogP contribution in [0.3, 0.4) is 0 Å². The van der Waals surface area contributed by atoms with E-state index in [2.05, 4.69) is 31.3 Å². The number of pyridine rings is 1. The quantitative estimate of drug-likeness (QED) is 0.627. The molecule has 0 saturated heterocycles. The van der Waals surface area contributed by atoms with E-state index in [0.29, 0.717) is 35.7 Å². The van der Waals surface area contributed by atoms with Crippen molar-refractivity contribution in [1.29, 1.82) is 0 Å². The molecular weight excluding hydrogens is 424 g/mol. The summed E-state index contributed by atoms with van der Waals surface area (Å²) < 4.78 is 13.3. The second-order valence-electron chi connectivity index (χ2n) is 6.52. The molecule has 1 amide bonds. The van der Waals surface area contributed by atoms with Gasteiger partial charge in [-0.2, -0.15) is 5.10 Å². The number of ether oxygens (including phenoxy) is 2. The number of methoxy groups -OCH3 is 2. The number of aromatic nitrogens is 3. The average molecular weight is 447 g/mol. The fourth-order valence-corrected chi connectivity index (χ4v) is 3.76. The molecule has 0 atom stereocenters. The molecule has 0 fully saturated rings. The third-order valence-corrected chi connectivity index (χ3v) is 5.31. The summed E-state index contributed by atoms with van der Waals surface area (Å²) >= 11 is 3.55. The van der Waals surface area contributed by atoms with Crippen LogP contribution in [0.2, 0.25) is 0 Å². The van der Waals surface area contributed by atoms with Crippen molar-refractivity contribution in [2.45, 2.75) is 20.3 Å². The highest BCUT2D eigenvalue weighted by molar-refractivity contribution is 9.10. The van der Waals surface area contributed by atoms with E-state index < -0.39 is 0 Å². The number of hydrogen-bond donors (Lipinski definition) is 1. The molecule has 0 aliphatic carbocycles. The zero-order chi connectivity index (χ0) is 20.4. The smallest absolute Gasteiger partial charge is 0.252 e. The number of carbonyl (C=O) groups excluding carboxylic acids is 1. The van der Waals surface area contributed by atoms with Crippen molar-refractivity contribution in [1.82, 2.24) is 20.1 Å². The van der Waals surface area contributed by atoms with Crippen LogP contribution >= 0.6 is 15.9 Å². The van der Waals surface area contributed by atoms with Gasteiger partial charge in [0.2, 0.25) is 0 Å². The Bertz CT molecular complexity index is 1050. The van der Waals surface area contributed by atoms with Gasteiger partial charge in [0.05, 0.1) is 30.9 Å². The maximum Gasteiger partial charge on any atom is 0.252 e. The lowest BCUT2D eigenvalue weighted by Crippen LogP contribution is -2.26. The van der Waals surface area contributed by atoms with Gasteiger partial charge in [-0.3, -0.25) is 9.48 Å². The van der Waals surface area contributed by atoms with Gasteiger partial charge >= 0.3 is 0 Å². The van der Waals surface area contributed by atoms with Crippen LogP contribution in [-0.4, -0.2) is 41.4 Å². The molecule has 0 aliphatic rings. The van der Waals surface area contributed by atoms with E-state index >= 15 is 0 Å². The van der Waals surface area contributed by atoms with Gasteiger partial charge in [-0.05, 0) is 44.0 Å². The number of aryl methyl sites for hydroxylation is 3. The highest BCUT2D eigenvalue weighted by Crippen LogP contribution is 2.33. The molecule has 3 aromatic rings. The Morgan fingerprint density at radius 1 is 1.18 bits per heavy atom. The Balaban J connectivity index is 1.78. The Morgan fingerprint density at radius 2 is 1.86 bits per heavy atom. The first-order valence-corrected chi connectivity index (χ1v) is 9.64. The molecule has 2 aromatic heterocycles. The number of amides is 1. The molecule has 7 nitrogen and oxygen atoms in total. The minimum Gasteiger partial charge on any atom is -0.493 e. The highest BCUT2D eigenvalue weighted by atomic mass is 79.9. The standard InChI is InChI=1S/C20H23BrN4O3/c1-11-8-14(18-12(2)24-25(3)19(18)23-11)20(26)22-7-6-13-9-16(27-4)17(28-5)10-15(13)21/h8-10H,6-7H2,1-5H3,(H,22,26). The molecule has 148 valence electrons. The van der Waals surface area contributed by atoms with Crippen molar-refractivity contribution in [2.75, 3.05) is 20.8 Å². The van der Waals surface area contributed by atoms with Crippen molar-refractivity contribution in [3.05, 3.63) is 45.2 Å². The summed E-state index contributed by atoms with van der Waals surface area (Å²) in [5.41, 5.74) is 3.90. The Morgan fingerprint density at radius 3 is 2.54 bits per heavy atom. The van der Waals surface area contributed by atoms with Gasteiger partial charge < -0.3 is 14.8 Å². The number of nitrogens with zero attached hydrogens (tertiary/aromatic N) is 3. The number of nitrogens with one attached hydrogen (secondary N) is 1. The molecule has 1 N–H and O–H groups in total. The predicted octanol–water partition coefficient (Wildman–Crippen LogP) is 3.34. The molecule has 0 spiro atoms.